The van der Waals surface area contributed by atoms with E-state index < -0.39 is 0 Å². The third-order valence-electron chi connectivity index (χ3n) is 4.31. The summed E-state index contributed by atoms with van der Waals surface area (Å²) >= 11 is 1.42. The highest BCUT2D eigenvalue weighted by Crippen LogP contribution is 2.23. The zero-order valence-electron chi connectivity index (χ0n) is 16.3. The number of aromatic nitrogens is 6. The van der Waals surface area contributed by atoms with Crippen molar-refractivity contribution in [3.63, 3.8) is 0 Å². The highest BCUT2D eigenvalue weighted by atomic mass is 32.2. The standard InChI is InChI=1S/C21H19N7OS/c1-15-5-7-17(8-6-15)28-18(14-30-21-23-10-3-11-24-21)19(26-27-28)20(29)25-13-16-4-2-9-22-12-16/h2-12H,13-14H2,1H3,(H,25,29). The Bertz CT molecular complexity index is 1120. The van der Waals surface area contributed by atoms with Gasteiger partial charge in [-0.2, -0.15) is 0 Å². The number of nitrogens with one attached hydrogen (secondary N) is 1. The third kappa shape index (κ3) is 4.69. The molecule has 0 fully saturated rings. The molecule has 0 atom stereocenters. The van der Waals surface area contributed by atoms with Crippen molar-refractivity contribution in [3.05, 3.63) is 89.8 Å². The lowest BCUT2D eigenvalue weighted by molar-refractivity contribution is 0.0945. The Morgan fingerprint density at radius 3 is 2.60 bits per heavy atom. The Labute approximate surface area is 177 Å². The average molecular weight is 417 g/mol. The van der Waals surface area contributed by atoms with E-state index in [4.69, 9.17) is 0 Å². The number of rotatable bonds is 7. The first-order valence-electron chi connectivity index (χ1n) is 9.29. The van der Waals surface area contributed by atoms with Crippen molar-refractivity contribution < 1.29 is 4.79 Å². The lowest BCUT2D eigenvalue weighted by atomic mass is 10.2. The minimum Gasteiger partial charge on any atom is -0.346 e. The molecule has 3 aromatic heterocycles. The molecule has 0 bridgehead atoms. The maximum atomic E-state index is 12.9. The Morgan fingerprint density at radius 2 is 1.87 bits per heavy atom. The molecule has 0 unspecified atom stereocenters. The van der Waals surface area contributed by atoms with E-state index in [1.54, 1.807) is 35.5 Å². The number of thioether (sulfide) groups is 1. The quantitative estimate of drug-likeness (QED) is 0.365. The van der Waals surface area contributed by atoms with Gasteiger partial charge in [0.2, 0.25) is 0 Å². The number of pyridine rings is 1. The molecular weight excluding hydrogens is 398 g/mol. The summed E-state index contributed by atoms with van der Waals surface area (Å²) in [6.45, 7) is 2.38. The Morgan fingerprint density at radius 1 is 1.07 bits per heavy atom. The van der Waals surface area contributed by atoms with Crippen LogP contribution in [-0.4, -0.2) is 35.9 Å². The molecule has 3 heterocycles. The van der Waals surface area contributed by atoms with Gasteiger partial charge in [-0.3, -0.25) is 9.78 Å². The van der Waals surface area contributed by atoms with Gasteiger partial charge in [0.05, 0.1) is 11.4 Å². The van der Waals surface area contributed by atoms with Gasteiger partial charge in [0.25, 0.3) is 5.91 Å². The fourth-order valence-electron chi connectivity index (χ4n) is 2.76. The van der Waals surface area contributed by atoms with Crippen LogP contribution in [0.15, 0.2) is 72.4 Å². The Balaban J connectivity index is 1.60. The largest absolute Gasteiger partial charge is 0.346 e. The van der Waals surface area contributed by atoms with Gasteiger partial charge in [0.15, 0.2) is 10.9 Å². The lowest BCUT2D eigenvalue weighted by Gasteiger charge is -2.09. The molecule has 9 heteroatoms. The number of carbonyl (C=O) groups excluding carboxylic acids is 1. The van der Waals surface area contributed by atoms with E-state index in [1.807, 2.05) is 43.3 Å². The average Bonchev–Trinajstić information content (AvgIpc) is 3.22. The van der Waals surface area contributed by atoms with Gasteiger partial charge in [-0.25, -0.2) is 14.6 Å². The maximum absolute atomic E-state index is 12.9. The predicted octanol–water partition coefficient (Wildman–Crippen LogP) is 2.98. The van der Waals surface area contributed by atoms with Gasteiger partial charge in [-0.05, 0) is 36.8 Å². The molecule has 0 spiro atoms. The number of amides is 1. The molecule has 1 aromatic carbocycles. The zero-order chi connectivity index (χ0) is 20.8. The summed E-state index contributed by atoms with van der Waals surface area (Å²) in [5.74, 6) is 0.155. The van der Waals surface area contributed by atoms with Crippen molar-refractivity contribution in [2.75, 3.05) is 0 Å². The van der Waals surface area contributed by atoms with Crippen LogP contribution in [0.1, 0.15) is 27.3 Å². The molecule has 0 radical (unpaired) electrons. The normalized spacial score (nSPS) is 10.7. The summed E-state index contributed by atoms with van der Waals surface area (Å²) in [5.41, 5.74) is 3.85. The monoisotopic (exact) mass is 417 g/mol. The molecule has 0 saturated carbocycles. The van der Waals surface area contributed by atoms with Crippen LogP contribution in [0, 0.1) is 6.92 Å². The molecule has 4 aromatic rings. The first-order valence-corrected chi connectivity index (χ1v) is 10.3. The Kier molecular flexibility index (Phi) is 6.09. The Hall–Kier alpha value is -3.59. The van der Waals surface area contributed by atoms with Crippen molar-refractivity contribution in [3.8, 4) is 5.69 Å². The number of nitrogens with zero attached hydrogens (tertiary/aromatic N) is 6. The number of hydrogen-bond donors (Lipinski definition) is 1. The first-order chi connectivity index (χ1) is 14.7. The van der Waals surface area contributed by atoms with Gasteiger partial charge < -0.3 is 5.32 Å². The maximum Gasteiger partial charge on any atom is 0.274 e. The molecule has 8 nitrogen and oxygen atoms in total. The van der Waals surface area contributed by atoms with Gasteiger partial charge in [-0.15, -0.1) is 5.10 Å². The highest BCUT2D eigenvalue weighted by molar-refractivity contribution is 7.98. The number of hydrogen-bond acceptors (Lipinski definition) is 7. The second-order valence-corrected chi connectivity index (χ2v) is 7.44. The topological polar surface area (TPSA) is 98.5 Å². The van der Waals surface area contributed by atoms with Crippen molar-refractivity contribution in [1.82, 2.24) is 35.3 Å². The van der Waals surface area contributed by atoms with Crippen molar-refractivity contribution >= 4 is 17.7 Å². The fourth-order valence-corrected chi connectivity index (χ4v) is 3.56. The van der Waals surface area contributed by atoms with E-state index in [0.29, 0.717) is 23.1 Å². The molecule has 1 N–H and O–H groups in total. The number of aryl methyl sites for hydroxylation is 1. The van der Waals surface area contributed by atoms with E-state index in [-0.39, 0.29) is 11.6 Å². The second kappa shape index (κ2) is 9.27. The summed E-state index contributed by atoms with van der Waals surface area (Å²) in [6, 6.07) is 13.4. The number of carbonyl (C=O) groups is 1. The molecule has 150 valence electrons. The van der Waals surface area contributed by atoms with E-state index in [2.05, 4.69) is 30.6 Å². The fraction of sp³-hybridized carbons (Fsp3) is 0.143. The smallest absolute Gasteiger partial charge is 0.274 e. The van der Waals surface area contributed by atoms with Gasteiger partial charge in [0.1, 0.15) is 0 Å². The van der Waals surface area contributed by atoms with Crippen LogP contribution in [0.5, 0.6) is 0 Å². The van der Waals surface area contributed by atoms with Crippen LogP contribution in [-0.2, 0) is 12.3 Å². The van der Waals surface area contributed by atoms with Gasteiger partial charge >= 0.3 is 0 Å². The van der Waals surface area contributed by atoms with Crippen molar-refractivity contribution in [2.24, 2.45) is 0 Å². The lowest BCUT2D eigenvalue weighted by Crippen LogP contribution is -2.24. The van der Waals surface area contributed by atoms with Crippen LogP contribution < -0.4 is 5.32 Å². The van der Waals surface area contributed by atoms with E-state index in [1.165, 1.54) is 11.8 Å². The highest BCUT2D eigenvalue weighted by Gasteiger charge is 2.21. The minimum absolute atomic E-state index is 0.280. The molecular formula is C21H19N7OS. The van der Waals surface area contributed by atoms with Crippen molar-refractivity contribution in [1.29, 1.82) is 0 Å². The molecule has 0 aliphatic carbocycles. The molecule has 0 saturated heterocycles. The van der Waals surface area contributed by atoms with Gasteiger partial charge in [-0.1, -0.05) is 40.7 Å². The summed E-state index contributed by atoms with van der Waals surface area (Å²) in [4.78, 5) is 25.4. The van der Waals surface area contributed by atoms with Crippen LogP contribution in [0.3, 0.4) is 0 Å². The van der Waals surface area contributed by atoms with Crippen LogP contribution in [0.25, 0.3) is 5.69 Å². The molecule has 30 heavy (non-hydrogen) atoms. The third-order valence-corrected chi connectivity index (χ3v) is 5.20. The van der Waals surface area contributed by atoms with Crippen molar-refractivity contribution in [2.45, 2.75) is 24.4 Å². The zero-order valence-corrected chi connectivity index (χ0v) is 17.1. The summed E-state index contributed by atoms with van der Waals surface area (Å²) in [6.07, 6.45) is 6.78. The molecule has 0 aliphatic heterocycles. The first kappa shape index (κ1) is 19.7. The SMILES string of the molecule is Cc1ccc(-n2nnc(C(=O)NCc3cccnc3)c2CSc2ncccn2)cc1. The van der Waals surface area contributed by atoms with E-state index in [9.17, 15) is 4.79 Å². The second-order valence-electron chi connectivity index (χ2n) is 6.50. The minimum atomic E-state index is -0.290. The summed E-state index contributed by atoms with van der Waals surface area (Å²) in [7, 11) is 0. The van der Waals surface area contributed by atoms with E-state index >= 15 is 0 Å². The summed E-state index contributed by atoms with van der Waals surface area (Å²) < 4.78 is 1.69. The van der Waals surface area contributed by atoms with E-state index in [0.717, 1.165) is 16.8 Å². The molecule has 0 aliphatic rings. The van der Waals surface area contributed by atoms with Crippen LogP contribution >= 0.6 is 11.8 Å². The number of benzene rings is 1. The predicted molar refractivity (Wildman–Crippen MR) is 113 cm³/mol. The van der Waals surface area contributed by atoms with Crippen LogP contribution in [0.4, 0.5) is 0 Å². The molecule has 4 rings (SSSR count). The van der Waals surface area contributed by atoms with Crippen LogP contribution in [0.2, 0.25) is 0 Å². The summed E-state index contributed by atoms with van der Waals surface area (Å²) in [5, 5.41) is 11.9. The molecule has 1 amide bonds. The van der Waals surface area contributed by atoms with Gasteiger partial charge in [0, 0.05) is 37.1 Å².